The predicted octanol–water partition coefficient (Wildman–Crippen LogP) is 1.68. The zero-order valence-electron chi connectivity index (χ0n) is 17.0. The van der Waals surface area contributed by atoms with Crippen molar-refractivity contribution in [1.29, 1.82) is 0 Å². The van der Waals surface area contributed by atoms with Crippen LogP contribution < -0.4 is 15.5 Å². The van der Waals surface area contributed by atoms with Crippen LogP contribution in [0.4, 0.5) is 5.69 Å². The molecule has 1 atom stereocenters. The molecule has 1 aliphatic heterocycles. The Bertz CT molecular complexity index is 540. The maximum Gasteiger partial charge on any atom is 0.191 e. The van der Waals surface area contributed by atoms with E-state index in [1.54, 1.807) is 0 Å². The molecule has 148 valence electrons. The second kappa shape index (κ2) is 11.1. The highest BCUT2D eigenvalue weighted by Gasteiger charge is 2.21. The van der Waals surface area contributed by atoms with Gasteiger partial charge in [-0.05, 0) is 39.3 Å². The molecule has 0 saturated carbocycles. The van der Waals surface area contributed by atoms with Crippen molar-refractivity contribution in [2.24, 2.45) is 12.0 Å². The van der Waals surface area contributed by atoms with Gasteiger partial charge < -0.3 is 20.4 Å². The van der Waals surface area contributed by atoms with Crippen molar-refractivity contribution in [3.8, 4) is 0 Å². The van der Waals surface area contributed by atoms with Gasteiger partial charge in [-0.25, -0.2) is 0 Å². The second-order valence-electron chi connectivity index (χ2n) is 7.00. The van der Waals surface area contributed by atoms with Gasteiger partial charge in [0, 0.05) is 45.5 Å². The number of anilines is 1. The van der Waals surface area contributed by atoms with Gasteiger partial charge in [0.05, 0.1) is 18.4 Å². The second-order valence-corrected chi connectivity index (χ2v) is 7.00. The van der Waals surface area contributed by atoms with E-state index in [0.717, 1.165) is 51.8 Å². The fourth-order valence-corrected chi connectivity index (χ4v) is 3.46. The Balaban J connectivity index is 1.88. The summed E-state index contributed by atoms with van der Waals surface area (Å²) in [6, 6.07) is 0.416. The van der Waals surface area contributed by atoms with Crippen LogP contribution in [0, 0.1) is 0 Å². The normalized spacial score (nSPS) is 18.4. The molecule has 2 rings (SSSR count). The SMILES string of the molecule is CCCN(CC)CCN=C(NCC)NC1CCCN(c2cnn(C)c2)C1. The summed E-state index contributed by atoms with van der Waals surface area (Å²) in [7, 11) is 1.97. The van der Waals surface area contributed by atoms with Crippen LogP contribution in [0.1, 0.15) is 40.0 Å². The van der Waals surface area contributed by atoms with E-state index in [0.29, 0.717) is 6.04 Å². The van der Waals surface area contributed by atoms with E-state index < -0.39 is 0 Å². The number of aromatic nitrogens is 2. The average molecular weight is 364 g/mol. The highest BCUT2D eigenvalue weighted by molar-refractivity contribution is 5.80. The molecule has 1 aromatic heterocycles. The van der Waals surface area contributed by atoms with Gasteiger partial charge in [0.15, 0.2) is 5.96 Å². The number of hydrogen-bond donors (Lipinski definition) is 2. The lowest BCUT2D eigenvalue weighted by atomic mass is 10.1. The molecule has 0 bridgehead atoms. The van der Waals surface area contributed by atoms with Gasteiger partial charge in [0.2, 0.25) is 0 Å². The van der Waals surface area contributed by atoms with Gasteiger partial charge in [-0.1, -0.05) is 13.8 Å². The molecular weight excluding hydrogens is 326 g/mol. The highest BCUT2D eigenvalue weighted by atomic mass is 15.3. The Morgan fingerprint density at radius 3 is 2.85 bits per heavy atom. The minimum absolute atomic E-state index is 0.416. The van der Waals surface area contributed by atoms with Crippen molar-refractivity contribution in [3.63, 3.8) is 0 Å². The third kappa shape index (κ3) is 6.52. The number of nitrogens with zero attached hydrogens (tertiary/aromatic N) is 5. The molecule has 7 heteroatoms. The molecule has 0 radical (unpaired) electrons. The molecule has 1 aliphatic rings. The lowest BCUT2D eigenvalue weighted by Crippen LogP contribution is -2.51. The van der Waals surface area contributed by atoms with Gasteiger partial charge >= 0.3 is 0 Å². The summed E-state index contributed by atoms with van der Waals surface area (Å²) in [5.74, 6) is 0.943. The fourth-order valence-electron chi connectivity index (χ4n) is 3.46. The molecule has 2 heterocycles. The van der Waals surface area contributed by atoms with Crippen molar-refractivity contribution < 1.29 is 0 Å². The van der Waals surface area contributed by atoms with Gasteiger partial charge in [-0.3, -0.25) is 9.67 Å². The Morgan fingerprint density at radius 1 is 1.35 bits per heavy atom. The van der Waals surface area contributed by atoms with E-state index in [2.05, 4.69) is 52.5 Å². The van der Waals surface area contributed by atoms with E-state index in [-0.39, 0.29) is 0 Å². The first-order valence-corrected chi connectivity index (χ1v) is 10.2. The average Bonchev–Trinajstić information content (AvgIpc) is 3.08. The van der Waals surface area contributed by atoms with Crippen molar-refractivity contribution in [2.45, 2.75) is 46.1 Å². The summed E-state index contributed by atoms with van der Waals surface area (Å²) >= 11 is 0. The van der Waals surface area contributed by atoms with Crippen LogP contribution in [0.2, 0.25) is 0 Å². The number of rotatable bonds is 9. The lowest BCUT2D eigenvalue weighted by Gasteiger charge is -2.34. The summed E-state index contributed by atoms with van der Waals surface area (Å²) in [6.07, 6.45) is 7.61. The van der Waals surface area contributed by atoms with Crippen LogP contribution in [-0.4, -0.2) is 72.5 Å². The summed E-state index contributed by atoms with van der Waals surface area (Å²) < 4.78 is 1.87. The minimum Gasteiger partial charge on any atom is -0.367 e. The van der Waals surface area contributed by atoms with Crippen molar-refractivity contribution in [2.75, 3.05) is 50.7 Å². The van der Waals surface area contributed by atoms with Gasteiger partial charge in [0.25, 0.3) is 0 Å². The smallest absolute Gasteiger partial charge is 0.191 e. The van der Waals surface area contributed by atoms with Crippen LogP contribution in [0.25, 0.3) is 0 Å². The first-order chi connectivity index (χ1) is 12.7. The van der Waals surface area contributed by atoms with E-state index in [1.807, 2.05) is 17.9 Å². The molecule has 7 nitrogen and oxygen atoms in total. The number of aliphatic imine (C=N–C) groups is 1. The summed E-state index contributed by atoms with van der Waals surface area (Å²) in [5, 5.41) is 11.3. The zero-order chi connectivity index (χ0) is 18.8. The summed E-state index contributed by atoms with van der Waals surface area (Å²) in [6.45, 7) is 13.6. The molecular formula is C19H37N7. The minimum atomic E-state index is 0.416. The monoisotopic (exact) mass is 363 g/mol. The molecule has 1 saturated heterocycles. The molecule has 0 aliphatic carbocycles. The quantitative estimate of drug-likeness (QED) is 0.516. The van der Waals surface area contributed by atoms with E-state index >= 15 is 0 Å². The third-order valence-corrected chi connectivity index (χ3v) is 4.84. The number of piperidine rings is 1. The Labute approximate surface area is 158 Å². The van der Waals surface area contributed by atoms with Crippen molar-refractivity contribution in [1.82, 2.24) is 25.3 Å². The van der Waals surface area contributed by atoms with Crippen LogP contribution in [0.5, 0.6) is 0 Å². The predicted molar refractivity (Wildman–Crippen MR) is 110 cm³/mol. The van der Waals surface area contributed by atoms with Gasteiger partial charge in [-0.2, -0.15) is 5.10 Å². The maximum absolute atomic E-state index is 4.80. The molecule has 1 unspecified atom stereocenters. The van der Waals surface area contributed by atoms with Crippen molar-refractivity contribution >= 4 is 11.6 Å². The van der Waals surface area contributed by atoms with Gasteiger partial charge in [-0.15, -0.1) is 0 Å². The number of aryl methyl sites for hydroxylation is 1. The zero-order valence-corrected chi connectivity index (χ0v) is 17.0. The maximum atomic E-state index is 4.80. The van der Waals surface area contributed by atoms with Crippen LogP contribution >= 0.6 is 0 Å². The fraction of sp³-hybridized carbons (Fsp3) is 0.789. The highest BCUT2D eigenvalue weighted by Crippen LogP contribution is 2.18. The van der Waals surface area contributed by atoms with Crippen LogP contribution in [-0.2, 0) is 7.05 Å². The number of guanidine groups is 1. The lowest BCUT2D eigenvalue weighted by molar-refractivity contribution is 0.297. The summed E-state index contributed by atoms with van der Waals surface area (Å²) in [5.41, 5.74) is 1.21. The number of hydrogen-bond acceptors (Lipinski definition) is 4. The standard InChI is InChI=1S/C19H37N7/c1-5-11-25(7-3)13-10-21-19(20-6-2)23-17-9-8-12-26(15-17)18-14-22-24(4)16-18/h14,16-17H,5-13,15H2,1-4H3,(H2,20,21,23). The van der Waals surface area contributed by atoms with Crippen LogP contribution in [0.15, 0.2) is 17.4 Å². The first-order valence-electron chi connectivity index (χ1n) is 10.2. The largest absolute Gasteiger partial charge is 0.367 e. The summed E-state index contributed by atoms with van der Waals surface area (Å²) in [4.78, 5) is 9.67. The molecule has 26 heavy (non-hydrogen) atoms. The van der Waals surface area contributed by atoms with E-state index in [1.165, 1.54) is 24.9 Å². The van der Waals surface area contributed by atoms with E-state index in [9.17, 15) is 0 Å². The Morgan fingerprint density at radius 2 is 2.19 bits per heavy atom. The van der Waals surface area contributed by atoms with Crippen molar-refractivity contribution in [3.05, 3.63) is 12.4 Å². The molecule has 2 N–H and O–H groups in total. The molecule has 1 aromatic rings. The van der Waals surface area contributed by atoms with E-state index in [4.69, 9.17) is 4.99 Å². The third-order valence-electron chi connectivity index (χ3n) is 4.84. The molecule has 0 amide bonds. The molecule has 1 fully saturated rings. The van der Waals surface area contributed by atoms with Gasteiger partial charge in [0.1, 0.15) is 0 Å². The molecule has 0 aromatic carbocycles. The Kier molecular flexibility index (Phi) is 8.74. The van der Waals surface area contributed by atoms with Crippen LogP contribution in [0.3, 0.4) is 0 Å². The Hall–Kier alpha value is -1.76. The first kappa shape index (κ1) is 20.6. The molecule has 0 spiro atoms. The number of nitrogens with one attached hydrogen (secondary N) is 2. The topological polar surface area (TPSA) is 60.7 Å². The number of likely N-dealkylation sites (N-methyl/N-ethyl adjacent to an activating group) is 1.